The van der Waals surface area contributed by atoms with E-state index < -0.39 is 0 Å². The van der Waals surface area contributed by atoms with Crippen molar-refractivity contribution >= 4 is 17.5 Å². The molecular formula is C15H21ClN4O. The van der Waals surface area contributed by atoms with Crippen LogP contribution in [0.1, 0.15) is 32.4 Å². The van der Waals surface area contributed by atoms with Gasteiger partial charge in [0.25, 0.3) is 0 Å². The Bertz CT molecular complexity index is 533. The molecule has 2 fully saturated rings. The summed E-state index contributed by atoms with van der Waals surface area (Å²) in [7, 11) is 0. The van der Waals surface area contributed by atoms with Crippen LogP contribution < -0.4 is 0 Å². The number of carbonyl (C=O) groups excluding carboxylic acids is 1. The molecule has 0 bridgehead atoms. The zero-order valence-electron chi connectivity index (χ0n) is 12.5. The van der Waals surface area contributed by atoms with E-state index in [1.165, 1.54) is 0 Å². The Balaban J connectivity index is 1.64. The fraction of sp³-hybridized carbons (Fsp3) is 0.667. The number of rotatable bonds is 3. The average molecular weight is 309 g/mol. The van der Waals surface area contributed by atoms with E-state index in [1.807, 2.05) is 4.90 Å². The van der Waals surface area contributed by atoms with Crippen molar-refractivity contribution in [3.63, 3.8) is 0 Å². The molecule has 6 heteroatoms. The van der Waals surface area contributed by atoms with Crippen molar-refractivity contribution in [2.75, 3.05) is 19.6 Å². The Morgan fingerprint density at radius 1 is 1.33 bits per heavy atom. The average Bonchev–Trinajstić information content (AvgIpc) is 2.47. The Hall–Kier alpha value is -1.20. The standard InChI is InChI=1S/C15H21ClN4O/c1-11(2)20-10-15(14(20)21)4-3-5-19(9-15)8-12-6-18-13(16)7-17-12/h6-7,11H,3-5,8-10H2,1-2H3/t15-/m0/s1. The fourth-order valence-electron chi connectivity index (χ4n) is 3.41. The van der Waals surface area contributed by atoms with E-state index >= 15 is 0 Å². The summed E-state index contributed by atoms with van der Waals surface area (Å²) in [6.45, 7) is 7.64. The molecule has 3 heterocycles. The normalized spacial score (nSPS) is 26.5. The predicted molar refractivity (Wildman–Crippen MR) is 80.8 cm³/mol. The first-order chi connectivity index (χ1) is 10.00. The summed E-state index contributed by atoms with van der Waals surface area (Å²) in [5, 5.41) is 0.413. The van der Waals surface area contributed by atoms with Crippen molar-refractivity contribution in [1.29, 1.82) is 0 Å². The van der Waals surface area contributed by atoms with E-state index in [0.717, 1.165) is 44.7 Å². The van der Waals surface area contributed by atoms with Crippen LogP contribution >= 0.6 is 11.6 Å². The van der Waals surface area contributed by atoms with Crippen molar-refractivity contribution in [2.24, 2.45) is 5.41 Å². The summed E-state index contributed by atoms with van der Waals surface area (Å²) in [5.74, 6) is 0.324. The van der Waals surface area contributed by atoms with Crippen LogP contribution in [0, 0.1) is 5.41 Å². The number of amides is 1. The van der Waals surface area contributed by atoms with Crippen molar-refractivity contribution in [2.45, 2.75) is 39.3 Å². The lowest BCUT2D eigenvalue weighted by Gasteiger charge is -2.54. The van der Waals surface area contributed by atoms with E-state index in [0.29, 0.717) is 17.1 Å². The summed E-state index contributed by atoms with van der Waals surface area (Å²) in [4.78, 5) is 25.1. The molecule has 0 saturated carbocycles. The minimum Gasteiger partial charge on any atom is -0.339 e. The molecule has 1 spiro atoms. The molecule has 0 aromatic carbocycles. The van der Waals surface area contributed by atoms with Crippen LogP contribution in [0.2, 0.25) is 5.15 Å². The third-order valence-electron chi connectivity index (χ3n) is 4.53. The topological polar surface area (TPSA) is 49.3 Å². The van der Waals surface area contributed by atoms with Gasteiger partial charge in [0.1, 0.15) is 5.15 Å². The molecule has 0 aliphatic carbocycles. The largest absolute Gasteiger partial charge is 0.339 e. The third-order valence-corrected chi connectivity index (χ3v) is 4.72. The molecule has 2 aliphatic heterocycles. The van der Waals surface area contributed by atoms with Crippen LogP contribution in [0.4, 0.5) is 0 Å². The fourth-order valence-corrected chi connectivity index (χ4v) is 3.51. The maximum atomic E-state index is 12.5. The van der Waals surface area contributed by atoms with E-state index in [2.05, 4.69) is 28.7 Å². The summed E-state index contributed by atoms with van der Waals surface area (Å²) >= 11 is 5.76. The molecule has 1 amide bonds. The highest BCUT2D eigenvalue weighted by molar-refractivity contribution is 6.29. The number of β-lactam (4-membered cyclic amide) rings is 1. The highest BCUT2D eigenvalue weighted by Gasteiger charge is 2.54. The Kier molecular flexibility index (Phi) is 3.88. The molecule has 0 radical (unpaired) electrons. The molecule has 0 N–H and O–H groups in total. The number of likely N-dealkylation sites (tertiary alicyclic amines) is 2. The van der Waals surface area contributed by atoms with Gasteiger partial charge in [0.15, 0.2) is 0 Å². The molecule has 1 aromatic rings. The third kappa shape index (κ3) is 2.77. The van der Waals surface area contributed by atoms with Gasteiger partial charge in [-0.05, 0) is 33.2 Å². The number of hydrogen-bond acceptors (Lipinski definition) is 4. The lowest BCUT2D eigenvalue weighted by molar-refractivity contribution is -0.169. The maximum absolute atomic E-state index is 12.5. The quantitative estimate of drug-likeness (QED) is 0.801. The van der Waals surface area contributed by atoms with Gasteiger partial charge in [-0.25, -0.2) is 4.98 Å². The first kappa shape index (κ1) is 14.7. The van der Waals surface area contributed by atoms with Gasteiger partial charge in [0.2, 0.25) is 5.91 Å². The van der Waals surface area contributed by atoms with Gasteiger partial charge in [0, 0.05) is 25.7 Å². The van der Waals surface area contributed by atoms with Crippen LogP contribution in [-0.2, 0) is 11.3 Å². The SMILES string of the molecule is CC(C)N1C[C@@]2(CCCN(Cc3cnc(Cl)cn3)C2)C1=O. The second-order valence-electron chi connectivity index (χ2n) is 6.45. The van der Waals surface area contributed by atoms with Crippen molar-refractivity contribution < 1.29 is 4.79 Å². The minimum absolute atomic E-state index is 0.150. The molecule has 5 nitrogen and oxygen atoms in total. The molecule has 2 aliphatic rings. The van der Waals surface area contributed by atoms with Gasteiger partial charge >= 0.3 is 0 Å². The molecule has 1 atom stereocenters. The second kappa shape index (κ2) is 5.54. The molecule has 0 unspecified atom stereocenters. The smallest absolute Gasteiger partial charge is 0.232 e. The van der Waals surface area contributed by atoms with Gasteiger partial charge in [-0.2, -0.15) is 0 Å². The lowest BCUT2D eigenvalue weighted by atomic mass is 9.71. The number of carbonyl (C=O) groups is 1. The van der Waals surface area contributed by atoms with Crippen LogP contribution in [0.3, 0.4) is 0 Å². The first-order valence-electron chi connectivity index (χ1n) is 7.50. The van der Waals surface area contributed by atoms with Crippen molar-refractivity contribution in [3.05, 3.63) is 23.2 Å². The Morgan fingerprint density at radius 2 is 2.14 bits per heavy atom. The number of piperidine rings is 1. The molecule has 114 valence electrons. The number of aromatic nitrogens is 2. The monoisotopic (exact) mass is 308 g/mol. The molecule has 21 heavy (non-hydrogen) atoms. The molecule has 1 aromatic heterocycles. The first-order valence-corrected chi connectivity index (χ1v) is 7.88. The summed E-state index contributed by atoms with van der Waals surface area (Å²) in [5.41, 5.74) is 0.756. The lowest BCUT2D eigenvalue weighted by Crippen LogP contribution is -2.68. The van der Waals surface area contributed by atoms with E-state index in [1.54, 1.807) is 12.4 Å². The zero-order valence-corrected chi connectivity index (χ0v) is 13.3. The van der Waals surface area contributed by atoms with Crippen molar-refractivity contribution in [3.8, 4) is 0 Å². The van der Waals surface area contributed by atoms with Crippen molar-refractivity contribution in [1.82, 2.24) is 19.8 Å². The Labute approximate surface area is 130 Å². The van der Waals surface area contributed by atoms with Gasteiger partial charge in [-0.15, -0.1) is 0 Å². The Morgan fingerprint density at radius 3 is 2.76 bits per heavy atom. The van der Waals surface area contributed by atoms with E-state index in [4.69, 9.17) is 11.6 Å². The number of nitrogens with zero attached hydrogens (tertiary/aromatic N) is 4. The predicted octanol–water partition coefficient (Wildman–Crippen LogP) is 1.96. The van der Waals surface area contributed by atoms with Gasteiger partial charge in [0.05, 0.1) is 23.5 Å². The van der Waals surface area contributed by atoms with E-state index in [-0.39, 0.29) is 5.41 Å². The van der Waals surface area contributed by atoms with Crippen LogP contribution in [0.25, 0.3) is 0 Å². The zero-order chi connectivity index (χ0) is 15.0. The van der Waals surface area contributed by atoms with Crippen LogP contribution in [0.15, 0.2) is 12.4 Å². The summed E-state index contributed by atoms with van der Waals surface area (Å²) in [6.07, 6.45) is 5.37. The van der Waals surface area contributed by atoms with E-state index in [9.17, 15) is 4.79 Å². The summed E-state index contributed by atoms with van der Waals surface area (Å²) in [6, 6.07) is 0.306. The highest BCUT2D eigenvalue weighted by atomic mass is 35.5. The molecule has 3 rings (SSSR count). The van der Waals surface area contributed by atoms with Crippen LogP contribution in [0.5, 0.6) is 0 Å². The number of hydrogen-bond donors (Lipinski definition) is 0. The second-order valence-corrected chi connectivity index (χ2v) is 6.84. The van der Waals surface area contributed by atoms with Gasteiger partial charge in [-0.1, -0.05) is 11.6 Å². The van der Waals surface area contributed by atoms with Crippen LogP contribution in [-0.4, -0.2) is 51.4 Å². The minimum atomic E-state index is -0.150. The molecular weight excluding hydrogens is 288 g/mol. The van der Waals surface area contributed by atoms with Gasteiger partial charge in [-0.3, -0.25) is 14.7 Å². The highest BCUT2D eigenvalue weighted by Crippen LogP contribution is 2.41. The van der Waals surface area contributed by atoms with Gasteiger partial charge < -0.3 is 4.90 Å². The molecule has 2 saturated heterocycles. The maximum Gasteiger partial charge on any atom is 0.232 e. The summed E-state index contributed by atoms with van der Waals surface area (Å²) < 4.78 is 0. The number of halogens is 1.